The van der Waals surface area contributed by atoms with Crippen molar-refractivity contribution in [3.8, 4) is 5.75 Å². The minimum Gasteiger partial charge on any atom is -0.492 e. The molecule has 0 aliphatic carbocycles. The van der Waals surface area contributed by atoms with Gasteiger partial charge < -0.3 is 10.1 Å². The van der Waals surface area contributed by atoms with Crippen LogP contribution in [0.3, 0.4) is 0 Å². The minimum absolute atomic E-state index is 0.0521. The van der Waals surface area contributed by atoms with Crippen molar-refractivity contribution < 1.29 is 9.53 Å². The van der Waals surface area contributed by atoms with Gasteiger partial charge in [0, 0.05) is 4.88 Å². The van der Waals surface area contributed by atoms with Gasteiger partial charge in [0.2, 0.25) is 5.91 Å². The Balaban J connectivity index is 1.54. The average molecular weight is 371 g/mol. The largest absolute Gasteiger partial charge is 0.492 e. The van der Waals surface area contributed by atoms with Crippen molar-refractivity contribution in [3.63, 3.8) is 0 Å². The number of nitrogens with zero attached hydrogens (tertiary/aromatic N) is 2. The smallest absolute Gasteiger partial charge is 0.262 e. The molecule has 0 radical (unpaired) electrons. The number of hydrogen-bond donors (Lipinski definition) is 1. The zero-order valence-corrected chi connectivity index (χ0v) is 15.6. The Labute approximate surface area is 155 Å². The van der Waals surface area contributed by atoms with Crippen LogP contribution in [0.25, 0.3) is 10.2 Å². The summed E-state index contributed by atoms with van der Waals surface area (Å²) >= 11 is 1.51. The van der Waals surface area contributed by atoms with Crippen LogP contribution in [0.1, 0.15) is 17.4 Å². The average Bonchev–Trinajstić information content (AvgIpc) is 3.06. The number of thiophene rings is 1. The minimum atomic E-state index is -0.243. The van der Waals surface area contributed by atoms with Crippen LogP contribution in [0.2, 0.25) is 0 Å². The van der Waals surface area contributed by atoms with E-state index in [1.54, 1.807) is 0 Å². The third-order valence-corrected chi connectivity index (χ3v) is 5.10. The second-order valence-corrected chi connectivity index (χ2v) is 7.09. The van der Waals surface area contributed by atoms with Crippen LogP contribution in [0.5, 0.6) is 5.75 Å². The van der Waals surface area contributed by atoms with Crippen molar-refractivity contribution in [2.45, 2.75) is 26.8 Å². The molecule has 136 valence electrons. The molecule has 1 N–H and O–H groups in total. The molecule has 2 heterocycles. The van der Waals surface area contributed by atoms with Gasteiger partial charge in [-0.25, -0.2) is 4.98 Å². The molecule has 0 fully saturated rings. The first kappa shape index (κ1) is 18.1. The molecule has 6 nitrogen and oxygen atoms in total. The van der Waals surface area contributed by atoms with E-state index in [0.29, 0.717) is 18.5 Å². The Bertz CT molecular complexity index is 978. The van der Waals surface area contributed by atoms with Gasteiger partial charge >= 0.3 is 0 Å². The molecule has 0 spiro atoms. The maximum Gasteiger partial charge on any atom is 0.262 e. The third kappa shape index (κ3) is 4.29. The maximum absolute atomic E-state index is 12.5. The van der Waals surface area contributed by atoms with E-state index in [1.165, 1.54) is 22.2 Å². The van der Waals surface area contributed by atoms with E-state index in [0.717, 1.165) is 27.4 Å². The number of benzene rings is 1. The standard InChI is InChI=1S/C19H21N3O3S/c1-3-15-10-16-18(26-15)21-12-22(19(16)24)11-17(23)20-7-8-25-14-6-4-5-13(2)9-14/h4-6,9-10,12H,3,7-8,11H2,1-2H3,(H,20,23). The molecule has 1 amide bonds. The summed E-state index contributed by atoms with van der Waals surface area (Å²) in [6, 6.07) is 9.59. The summed E-state index contributed by atoms with van der Waals surface area (Å²) < 4.78 is 6.93. The van der Waals surface area contributed by atoms with Gasteiger partial charge in [-0.05, 0) is 37.1 Å². The van der Waals surface area contributed by atoms with E-state index in [1.807, 2.05) is 44.2 Å². The molecule has 3 aromatic rings. The summed E-state index contributed by atoms with van der Waals surface area (Å²) in [5, 5.41) is 3.33. The van der Waals surface area contributed by atoms with Crippen LogP contribution in [0.15, 0.2) is 41.5 Å². The molecule has 0 saturated carbocycles. The molecular weight excluding hydrogens is 350 g/mol. The number of hydrogen-bond acceptors (Lipinski definition) is 5. The number of aryl methyl sites for hydroxylation is 2. The first-order chi connectivity index (χ1) is 12.6. The zero-order valence-electron chi connectivity index (χ0n) is 14.8. The summed E-state index contributed by atoms with van der Waals surface area (Å²) in [5.41, 5.74) is 0.936. The second-order valence-electron chi connectivity index (χ2n) is 5.98. The quantitative estimate of drug-likeness (QED) is 0.648. The van der Waals surface area contributed by atoms with E-state index in [-0.39, 0.29) is 18.0 Å². The predicted octanol–water partition coefficient (Wildman–Crippen LogP) is 2.52. The number of amides is 1. The Hall–Kier alpha value is -2.67. The highest BCUT2D eigenvalue weighted by Gasteiger charge is 2.10. The Morgan fingerprint density at radius 2 is 2.19 bits per heavy atom. The van der Waals surface area contributed by atoms with Crippen molar-refractivity contribution in [3.05, 3.63) is 57.5 Å². The van der Waals surface area contributed by atoms with Gasteiger partial charge in [-0.1, -0.05) is 19.1 Å². The van der Waals surface area contributed by atoms with Crippen LogP contribution in [0.4, 0.5) is 0 Å². The van der Waals surface area contributed by atoms with E-state index < -0.39 is 0 Å². The third-order valence-electron chi connectivity index (χ3n) is 3.91. The molecule has 0 aliphatic heterocycles. The predicted molar refractivity (Wildman–Crippen MR) is 103 cm³/mol. The van der Waals surface area contributed by atoms with Crippen molar-refractivity contribution >= 4 is 27.5 Å². The highest BCUT2D eigenvalue weighted by atomic mass is 32.1. The van der Waals surface area contributed by atoms with Gasteiger partial charge in [-0.3, -0.25) is 14.2 Å². The molecule has 1 aromatic carbocycles. The van der Waals surface area contributed by atoms with Crippen molar-refractivity contribution in [2.24, 2.45) is 0 Å². The molecular formula is C19H21N3O3S. The summed E-state index contributed by atoms with van der Waals surface area (Å²) in [6.07, 6.45) is 2.30. The van der Waals surface area contributed by atoms with Crippen molar-refractivity contribution in [2.75, 3.05) is 13.2 Å². The van der Waals surface area contributed by atoms with Crippen LogP contribution in [0, 0.1) is 6.92 Å². The summed E-state index contributed by atoms with van der Waals surface area (Å²) in [6.45, 7) is 4.72. The number of carbonyl (C=O) groups excluding carboxylic acids is 1. The molecule has 7 heteroatoms. The molecule has 2 aromatic heterocycles. The maximum atomic E-state index is 12.5. The lowest BCUT2D eigenvalue weighted by atomic mass is 10.2. The van der Waals surface area contributed by atoms with Crippen LogP contribution < -0.4 is 15.6 Å². The van der Waals surface area contributed by atoms with E-state index in [9.17, 15) is 9.59 Å². The lowest BCUT2D eigenvalue weighted by molar-refractivity contribution is -0.121. The topological polar surface area (TPSA) is 73.2 Å². The Kier molecular flexibility index (Phi) is 5.68. The van der Waals surface area contributed by atoms with Gasteiger partial charge in [-0.2, -0.15) is 0 Å². The van der Waals surface area contributed by atoms with Gasteiger partial charge in [-0.15, -0.1) is 11.3 Å². The lowest BCUT2D eigenvalue weighted by Crippen LogP contribution is -2.34. The molecule has 0 aliphatic rings. The fourth-order valence-electron chi connectivity index (χ4n) is 2.57. The monoisotopic (exact) mass is 371 g/mol. The Morgan fingerprint density at radius 3 is 2.96 bits per heavy atom. The highest BCUT2D eigenvalue weighted by Crippen LogP contribution is 2.20. The summed E-state index contributed by atoms with van der Waals surface area (Å²) in [5.74, 6) is 0.529. The first-order valence-electron chi connectivity index (χ1n) is 8.51. The number of nitrogens with one attached hydrogen (secondary N) is 1. The van der Waals surface area contributed by atoms with Crippen LogP contribution in [-0.2, 0) is 17.8 Å². The van der Waals surface area contributed by atoms with E-state index in [2.05, 4.69) is 10.3 Å². The zero-order chi connectivity index (χ0) is 18.5. The van der Waals surface area contributed by atoms with E-state index >= 15 is 0 Å². The molecule has 26 heavy (non-hydrogen) atoms. The SMILES string of the molecule is CCc1cc2c(=O)n(CC(=O)NCCOc3cccc(C)c3)cnc2s1. The van der Waals surface area contributed by atoms with Gasteiger partial charge in [0.05, 0.1) is 18.3 Å². The van der Waals surface area contributed by atoms with Crippen LogP contribution in [-0.4, -0.2) is 28.6 Å². The molecule has 0 bridgehead atoms. The first-order valence-corrected chi connectivity index (χ1v) is 9.32. The number of fused-ring (bicyclic) bond motifs is 1. The van der Waals surface area contributed by atoms with Gasteiger partial charge in [0.25, 0.3) is 5.56 Å². The highest BCUT2D eigenvalue weighted by molar-refractivity contribution is 7.18. The normalized spacial score (nSPS) is 10.8. The fraction of sp³-hybridized carbons (Fsp3) is 0.316. The van der Waals surface area contributed by atoms with Crippen molar-refractivity contribution in [1.82, 2.24) is 14.9 Å². The fourth-order valence-corrected chi connectivity index (χ4v) is 3.50. The Morgan fingerprint density at radius 1 is 1.35 bits per heavy atom. The molecule has 3 rings (SSSR count). The lowest BCUT2D eigenvalue weighted by Gasteiger charge is -2.09. The van der Waals surface area contributed by atoms with Gasteiger partial charge in [0.15, 0.2) is 0 Å². The van der Waals surface area contributed by atoms with Crippen LogP contribution >= 0.6 is 11.3 Å². The van der Waals surface area contributed by atoms with Crippen molar-refractivity contribution in [1.29, 1.82) is 0 Å². The molecule has 0 atom stereocenters. The molecule has 0 saturated heterocycles. The number of rotatable bonds is 7. The number of carbonyl (C=O) groups is 1. The summed E-state index contributed by atoms with van der Waals surface area (Å²) in [7, 11) is 0. The van der Waals surface area contributed by atoms with Gasteiger partial charge in [0.1, 0.15) is 23.7 Å². The summed E-state index contributed by atoms with van der Waals surface area (Å²) in [4.78, 5) is 30.7. The second kappa shape index (κ2) is 8.14. The molecule has 0 unspecified atom stereocenters. The van der Waals surface area contributed by atoms with E-state index in [4.69, 9.17) is 4.74 Å². The number of aromatic nitrogens is 2. The number of ether oxygens (including phenoxy) is 1.